The van der Waals surface area contributed by atoms with E-state index in [2.05, 4.69) is 12.5 Å². The number of hydroxylamine groups is 14. The van der Waals surface area contributed by atoms with Crippen LogP contribution in [0.15, 0.2) is 23.8 Å². The van der Waals surface area contributed by atoms with Gasteiger partial charge in [0.25, 0.3) is 0 Å². The molecule has 0 bridgehead atoms. The van der Waals surface area contributed by atoms with Crippen LogP contribution in [0.1, 0.15) is 310 Å². The molecule has 7 aliphatic heterocycles. The number of hydrogen-bond donors (Lipinski definition) is 16. The zero-order valence-electron chi connectivity index (χ0n) is 70.6. The lowest BCUT2D eigenvalue weighted by atomic mass is 9.71. The number of nitrogens with two attached hydrogens (primary N) is 1. The molecule has 7 heterocycles. The van der Waals surface area contributed by atoms with Gasteiger partial charge in [0, 0.05) is 128 Å². The molecule has 0 radical (unpaired) electrons. The fourth-order valence-electron chi connectivity index (χ4n) is 19.1. The number of aliphatic hydroxyl groups is 6. The summed E-state index contributed by atoms with van der Waals surface area (Å²) in [6.07, 6.45) is 12.7. The molecule has 28 nitrogen and oxygen atoms in total. The number of carboxylic acids is 2. The number of hydrogen-bond acceptors (Lipinski definition) is 25. The number of carboxylic acid groups (broad SMARTS) is 2. The van der Waals surface area contributed by atoms with Crippen LogP contribution < -0.4 is 5.73 Å². The van der Waals surface area contributed by atoms with E-state index < -0.39 is 124 Å². The van der Waals surface area contributed by atoms with Crippen molar-refractivity contribution in [2.24, 2.45) is 5.73 Å². The Kier molecular flexibility index (Phi) is 31.6. The standard InChI is InChI=1S/C13H21NO5.C12H25NO3.C11H23NO2.C11H21NO2.C11H19NO2.C10H20N2O3.C10H18N2O2/c1-12(2)6-8(7-13(3,4)14(12)19)9(11(17)18)5-10(15)16;1-6-16-9-12(14)7-10(2,3)13(15)11(4,5)8-12;3*1-6-11(13)7-9(2,3)12(14)10(4,5)8-11;1-8(2)5-10(14,7(11)13)6-9(3,4)12(8)15;1-8(2)5-10(13,7-11)6-9(3,4)12(8)14/h19H,5-7H2,1-4H3,(H,15,16)(H,17,18);14-15H,6-9H2,1-5H3;13-14H,6-8H2,1-5H3;6,13-14H,1,7-8H2,2-5H3;1,13-14H,7-8H2,2-5H3;14-15H,5-6H2,1-4H3,(H2,11,13);13-14H,5-6H2,1-4H3. The molecule has 106 heavy (non-hydrogen) atoms. The van der Waals surface area contributed by atoms with Crippen LogP contribution >= 0.6 is 0 Å². The van der Waals surface area contributed by atoms with E-state index in [-0.39, 0.29) is 42.3 Å². The quantitative estimate of drug-likeness (QED) is 0.0441. The van der Waals surface area contributed by atoms with E-state index in [4.69, 9.17) is 27.3 Å². The minimum atomic E-state index is -1.54. The first-order valence-corrected chi connectivity index (χ1v) is 37.0. The summed E-state index contributed by atoms with van der Waals surface area (Å²) in [6.45, 7) is 60.8. The van der Waals surface area contributed by atoms with Gasteiger partial charge in [0.1, 0.15) is 11.2 Å². The summed E-state index contributed by atoms with van der Waals surface area (Å²) < 4.78 is 5.35. The van der Waals surface area contributed by atoms with Gasteiger partial charge in [0.15, 0.2) is 5.60 Å². The molecule has 7 fully saturated rings. The highest BCUT2D eigenvalue weighted by Crippen LogP contribution is 2.49. The topological polar surface area (TPSA) is 436 Å². The van der Waals surface area contributed by atoms with Crippen molar-refractivity contribution >= 4 is 17.8 Å². The summed E-state index contributed by atoms with van der Waals surface area (Å²) in [5.74, 6) is -0.654. The van der Waals surface area contributed by atoms with E-state index in [0.29, 0.717) is 83.0 Å². The van der Waals surface area contributed by atoms with Crippen LogP contribution in [0.25, 0.3) is 0 Å². The highest BCUT2D eigenvalue weighted by molar-refractivity contribution is 5.93. The van der Waals surface area contributed by atoms with Crippen LogP contribution in [-0.4, -0.2) is 255 Å². The van der Waals surface area contributed by atoms with Gasteiger partial charge in [0.2, 0.25) is 5.91 Å². The first-order chi connectivity index (χ1) is 46.6. The van der Waals surface area contributed by atoms with E-state index in [1.807, 2.05) is 158 Å². The number of primary amides is 1. The van der Waals surface area contributed by atoms with Crippen LogP contribution in [0.4, 0.5) is 0 Å². The molecule has 0 unspecified atom stereocenters. The first-order valence-electron chi connectivity index (χ1n) is 37.0. The van der Waals surface area contributed by atoms with Gasteiger partial charge in [-0.2, -0.15) is 40.7 Å². The Labute approximate surface area is 635 Å². The molecule has 0 aromatic heterocycles. The fourth-order valence-corrected chi connectivity index (χ4v) is 19.1. The number of nitriles is 1. The van der Waals surface area contributed by atoms with Crippen LogP contribution in [0, 0.1) is 23.7 Å². The van der Waals surface area contributed by atoms with Gasteiger partial charge in [0.05, 0.1) is 35.9 Å². The number of ether oxygens (including phenoxy) is 1. The van der Waals surface area contributed by atoms with Gasteiger partial charge < -0.3 is 87.8 Å². The van der Waals surface area contributed by atoms with Crippen LogP contribution in [0.2, 0.25) is 0 Å². The fraction of sp³-hybridized carbons (Fsp3) is 0.872. The minimum absolute atomic E-state index is 0.0678. The van der Waals surface area contributed by atoms with Crippen LogP contribution in [0.5, 0.6) is 0 Å². The number of terminal acetylenes is 1. The van der Waals surface area contributed by atoms with E-state index in [1.54, 1.807) is 61.5 Å². The maximum Gasteiger partial charge on any atom is 0.332 e. The molecule has 618 valence electrons. The second kappa shape index (κ2) is 33.4. The summed E-state index contributed by atoms with van der Waals surface area (Å²) in [5.41, 5.74) is -7.78. The molecule has 0 atom stereocenters. The van der Waals surface area contributed by atoms with Crippen molar-refractivity contribution < 1.29 is 96.4 Å². The maximum absolute atomic E-state index is 11.2. The van der Waals surface area contributed by atoms with Crippen molar-refractivity contribution in [3.8, 4) is 18.4 Å². The van der Waals surface area contributed by atoms with Crippen molar-refractivity contribution in [2.75, 3.05) is 13.2 Å². The zero-order chi connectivity index (χ0) is 84.5. The minimum Gasteiger partial charge on any atom is -0.481 e. The molecule has 0 spiro atoms. The monoisotopic (exact) mass is 1510 g/mol. The predicted octanol–water partition coefficient (Wildman–Crippen LogP) is 10.7. The third-order valence-electron chi connectivity index (χ3n) is 21.8. The predicted molar refractivity (Wildman–Crippen MR) is 404 cm³/mol. The lowest BCUT2D eigenvalue weighted by Crippen LogP contribution is -2.67. The average Bonchev–Trinajstić information content (AvgIpc) is 0.727. The number of piperidine rings is 7. The summed E-state index contributed by atoms with van der Waals surface area (Å²) in [4.78, 5) is 33.3. The molecule has 0 aliphatic carbocycles. The van der Waals surface area contributed by atoms with Crippen LogP contribution in [0.3, 0.4) is 0 Å². The number of aliphatic carboxylic acids is 2. The number of nitrogens with zero attached hydrogens (tertiary/aromatic N) is 8. The van der Waals surface area contributed by atoms with E-state index >= 15 is 0 Å². The third-order valence-corrected chi connectivity index (χ3v) is 21.8. The van der Waals surface area contributed by atoms with E-state index in [1.165, 1.54) is 35.4 Å². The van der Waals surface area contributed by atoms with Gasteiger partial charge >= 0.3 is 11.9 Å². The summed E-state index contributed by atoms with van der Waals surface area (Å²) in [7, 11) is 0. The number of carbonyl (C=O) groups excluding carboxylic acids is 1. The molecule has 0 aromatic carbocycles. The summed E-state index contributed by atoms with van der Waals surface area (Å²) >= 11 is 0. The molecule has 7 saturated heterocycles. The normalized spacial score (nSPS) is 28.0. The Morgan fingerprint density at radius 1 is 0.443 bits per heavy atom. The molecule has 17 N–H and O–H groups in total. The molecule has 0 saturated carbocycles. The van der Waals surface area contributed by atoms with E-state index in [9.17, 15) is 86.6 Å². The largest absolute Gasteiger partial charge is 0.481 e. The summed E-state index contributed by atoms with van der Waals surface area (Å²) in [5, 5.41) is 167. The Morgan fingerprint density at radius 2 is 0.698 bits per heavy atom. The number of carbonyl (C=O) groups is 3. The van der Waals surface area contributed by atoms with Gasteiger partial charge in [-0.3, -0.25) is 9.59 Å². The zero-order valence-corrected chi connectivity index (χ0v) is 70.6. The highest BCUT2D eigenvalue weighted by Gasteiger charge is 2.58. The second-order valence-corrected chi connectivity index (χ2v) is 40.5. The Bertz CT molecular complexity index is 2940. The van der Waals surface area contributed by atoms with Crippen molar-refractivity contribution in [2.45, 2.75) is 422 Å². The van der Waals surface area contributed by atoms with Gasteiger partial charge in [-0.05, 0) is 259 Å². The molecule has 0 aromatic rings. The molecular formula is C78H147N9O19. The van der Waals surface area contributed by atoms with E-state index in [0.717, 1.165) is 6.42 Å². The van der Waals surface area contributed by atoms with Gasteiger partial charge in [-0.1, -0.05) is 24.5 Å². The first kappa shape index (κ1) is 100. The van der Waals surface area contributed by atoms with Gasteiger partial charge in [-0.15, -0.1) is 13.0 Å². The highest BCUT2D eigenvalue weighted by atomic mass is 16.5. The molecule has 7 aliphatic rings. The van der Waals surface area contributed by atoms with Gasteiger partial charge in [-0.25, -0.2) is 4.79 Å². The smallest absolute Gasteiger partial charge is 0.332 e. The van der Waals surface area contributed by atoms with Crippen molar-refractivity contribution in [3.05, 3.63) is 23.8 Å². The third kappa shape index (κ3) is 25.3. The summed E-state index contributed by atoms with van der Waals surface area (Å²) in [6, 6.07) is 1.93. The maximum atomic E-state index is 11.2. The second-order valence-electron chi connectivity index (χ2n) is 40.5. The van der Waals surface area contributed by atoms with Crippen molar-refractivity contribution in [1.29, 1.82) is 5.26 Å². The Morgan fingerprint density at radius 3 is 0.934 bits per heavy atom. The molecule has 1 amide bonds. The van der Waals surface area contributed by atoms with Crippen molar-refractivity contribution in [3.63, 3.8) is 0 Å². The Balaban J connectivity index is 0.000000620. The average molecular weight is 1520 g/mol. The number of rotatable bonds is 9. The van der Waals surface area contributed by atoms with Crippen molar-refractivity contribution in [1.82, 2.24) is 35.4 Å². The SMILES string of the molecule is C#CC1(O)CC(C)(C)N(O)C(C)(C)C1.C=CC1(O)CC(C)(C)N(O)C(C)(C)C1.CC1(C)CC(=C(CC(=O)O)C(=O)O)CC(C)(C)N1O.CC1(C)CC(O)(C#N)CC(C)(C)N1O.CC1(C)CC(O)(C(N)=O)CC(C)(C)N1O.CCC1(O)CC(C)(C)N(O)C(C)(C)C1.CCOCC1(O)CC(C)(C)N(O)C(C)(C)C1. The molecular weight excluding hydrogens is 1370 g/mol. The number of amides is 1. The Hall–Kier alpha value is -3.90. The lowest BCUT2D eigenvalue weighted by Gasteiger charge is -2.54. The lowest BCUT2D eigenvalue weighted by molar-refractivity contribution is -0.280. The molecule has 28 heteroatoms. The molecule has 7 rings (SSSR count). The van der Waals surface area contributed by atoms with Crippen LogP contribution in [-0.2, 0) is 19.1 Å².